The summed E-state index contributed by atoms with van der Waals surface area (Å²) in [5, 5.41) is 12.1. The summed E-state index contributed by atoms with van der Waals surface area (Å²) in [7, 11) is 0. The van der Waals surface area contributed by atoms with Crippen LogP contribution in [-0.2, 0) is 0 Å². The van der Waals surface area contributed by atoms with E-state index in [4.69, 9.17) is 5.11 Å². The highest BCUT2D eigenvalue weighted by atomic mass is 16.3. The topological polar surface area (TPSA) is 68.7 Å². The summed E-state index contributed by atoms with van der Waals surface area (Å²) in [6, 6.07) is 4.46. The monoisotopic (exact) mass is 332 g/mol. The van der Waals surface area contributed by atoms with Crippen LogP contribution in [0.4, 0.5) is 10.5 Å². The lowest BCUT2D eigenvalue weighted by atomic mass is 9.93. The third-order valence-corrected chi connectivity index (χ3v) is 5.06. The Labute approximate surface area is 143 Å². The minimum Gasteiger partial charge on any atom is -0.395 e. The van der Waals surface area contributed by atoms with Gasteiger partial charge >= 0.3 is 6.03 Å². The van der Waals surface area contributed by atoms with Crippen molar-refractivity contribution in [2.45, 2.75) is 38.1 Å². The summed E-state index contributed by atoms with van der Waals surface area (Å²) in [4.78, 5) is 20.4. The Balaban J connectivity index is 1.35. The van der Waals surface area contributed by atoms with E-state index in [1.54, 1.807) is 4.90 Å². The fourth-order valence-electron chi connectivity index (χ4n) is 3.46. The van der Waals surface area contributed by atoms with Gasteiger partial charge in [-0.2, -0.15) is 0 Å². The average molecular weight is 332 g/mol. The van der Waals surface area contributed by atoms with Gasteiger partial charge in [-0.05, 0) is 50.2 Å². The van der Waals surface area contributed by atoms with Gasteiger partial charge in [0.15, 0.2) is 0 Å². The number of piperidine rings is 1. The molecule has 6 heteroatoms. The normalized spacial score (nSPS) is 18.5. The third-order valence-electron chi connectivity index (χ3n) is 5.06. The molecule has 2 aliphatic rings. The molecule has 1 saturated heterocycles. The van der Waals surface area contributed by atoms with Crippen molar-refractivity contribution >= 4 is 11.7 Å². The first-order valence-corrected chi connectivity index (χ1v) is 9.08. The highest BCUT2D eigenvalue weighted by Gasteiger charge is 2.32. The number of amides is 2. The van der Waals surface area contributed by atoms with E-state index in [2.05, 4.69) is 27.3 Å². The molecule has 1 aliphatic heterocycles. The zero-order valence-corrected chi connectivity index (χ0v) is 14.2. The number of rotatable bonds is 7. The maximum Gasteiger partial charge on any atom is 0.317 e. The van der Waals surface area contributed by atoms with Crippen molar-refractivity contribution in [3.63, 3.8) is 0 Å². The highest BCUT2D eigenvalue weighted by Crippen LogP contribution is 2.27. The maximum atomic E-state index is 12.2. The Bertz CT molecular complexity index is 513. The molecule has 0 radical (unpaired) electrons. The first-order chi connectivity index (χ1) is 11.8. The molecule has 0 aromatic carbocycles. The Kier molecular flexibility index (Phi) is 5.91. The molecule has 132 valence electrons. The van der Waals surface area contributed by atoms with Crippen LogP contribution in [0.1, 0.15) is 32.1 Å². The molecule has 0 spiro atoms. The molecule has 0 atom stereocenters. The fourth-order valence-corrected chi connectivity index (χ4v) is 3.46. The SMILES string of the molecule is O=C(NCCC1CCN(c2ccncc2)CC1)N(CCO)C1CC1. The molecule has 24 heavy (non-hydrogen) atoms. The zero-order valence-electron chi connectivity index (χ0n) is 14.2. The second-order valence-electron chi connectivity index (χ2n) is 6.80. The summed E-state index contributed by atoms with van der Waals surface area (Å²) in [5.41, 5.74) is 1.25. The van der Waals surface area contributed by atoms with Crippen molar-refractivity contribution in [3.8, 4) is 0 Å². The van der Waals surface area contributed by atoms with Gasteiger partial charge in [-0.25, -0.2) is 4.79 Å². The average Bonchev–Trinajstić information content (AvgIpc) is 3.46. The van der Waals surface area contributed by atoms with E-state index in [9.17, 15) is 4.79 Å². The van der Waals surface area contributed by atoms with Crippen LogP contribution in [0.15, 0.2) is 24.5 Å². The third kappa shape index (κ3) is 4.60. The number of aliphatic hydroxyl groups is 1. The van der Waals surface area contributed by atoms with Crippen LogP contribution in [0, 0.1) is 5.92 Å². The van der Waals surface area contributed by atoms with E-state index in [1.165, 1.54) is 18.5 Å². The number of urea groups is 1. The van der Waals surface area contributed by atoms with E-state index in [1.807, 2.05) is 12.4 Å². The number of aromatic nitrogens is 1. The van der Waals surface area contributed by atoms with Gasteiger partial charge in [-0.15, -0.1) is 0 Å². The van der Waals surface area contributed by atoms with E-state index in [-0.39, 0.29) is 12.6 Å². The predicted octanol–water partition coefficient (Wildman–Crippen LogP) is 1.85. The van der Waals surface area contributed by atoms with Gasteiger partial charge in [-0.3, -0.25) is 4.98 Å². The quantitative estimate of drug-likeness (QED) is 0.800. The molecule has 0 bridgehead atoms. The van der Waals surface area contributed by atoms with Crippen molar-refractivity contribution in [3.05, 3.63) is 24.5 Å². The molecule has 2 amide bonds. The number of hydrogen-bond acceptors (Lipinski definition) is 4. The molecule has 1 aromatic rings. The number of hydrogen-bond donors (Lipinski definition) is 2. The van der Waals surface area contributed by atoms with Gasteiger partial charge in [-0.1, -0.05) is 0 Å². The van der Waals surface area contributed by atoms with Crippen molar-refractivity contribution in [1.82, 2.24) is 15.2 Å². The lowest BCUT2D eigenvalue weighted by Gasteiger charge is -2.33. The summed E-state index contributed by atoms with van der Waals surface area (Å²) >= 11 is 0. The van der Waals surface area contributed by atoms with Gasteiger partial charge in [0.05, 0.1) is 6.61 Å². The summed E-state index contributed by atoms with van der Waals surface area (Å²) in [5.74, 6) is 0.676. The fraction of sp³-hybridized carbons (Fsp3) is 0.667. The van der Waals surface area contributed by atoms with Crippen LogP contribution in [0.5, 0.6) is 0 Å². The standard InChI is InChI=1S/C18H28N4O2/c23-14-13-22(17-1-2-17)18(24)20-10-3-15-6-11-21(12-7-15)16-4-8-19-9-5-16/h4-5,8-9,15,17,23H,1-3,6-7,10-14H2,(H,20,24). The minimum absolute atomic E-state index is 0.0132. The van der Waals surface area contributed by atoms with Gasteiger partial charge < -0.3 is 20.2 Å². The zero-order chi connectivity index (χ0) is 16.8. The van der Waals surface area contributed by atoms with Crippen LogP contribution in [-0.4, -0.2) is 59.8 Å². The lowest BCUT2D eigenvalue weighted by Crippen LogP contribution is -2.43. The van der Waals surface area contributed by atoms with E-state index >= 15 is 0 Å². The van der Waals surface area contributed by atoms with Gasteiger partial charge in [0, 0.05) is 50.3 Å². The number of nitrogens with one attached hydrogen (secondary N) is 1. The van der Waals surface area contributed by atoms with Crippen LogP contribution >= 0.6 is 0 Å². The minimum atomic E-state index is -0.0132. The van der Waals surface area contributed by atoms with Crippen LogP contribution in [0.2, 0.25) is 0 Å². The first kappa shape index (κ1) is 17.0. The predicted molar refractivity (Wildman–Crippen MR) is 94.0 cm³/mol. The smallest absolute Gasteiger partial charge is 0.317 e. The molecule has 1 aromatic heterocycles. The maximum absolute atomic E-state index is 12.2. The lowest BCUT2D eigenvalue weighted by molar-refractivity contribution is 0.173. The number of nitrogens with zero attached hydrogens (tertiary/aromatic N) is 3. The Morgan fingerprint density at radius 1 is 1.25 bits per heavy atom. The van der Waals surface area contributed by atoms with Gasteiger partial charge in [0.1, 0.15) is 0 Å². The molecule has 2 N–H and O–H groups in total. The summed E-state index contributed by atoms with van der Waals surface area (Å²) in [6.45, 7) is 3.36. The van der Waals surface area contributed by atoms with Crippen molar-refractivity contribution < 1.29 is 9.90 Å². The molecule has 3 rings (SSSR count). The number of anilines is 1. The van der Waals surface area contributed by atoms with Crippen molar-refractivity contribution in [2.24, 2.45) is 5.92 Å². The molecule has 1 saturated carbocycles. The molecule has 2 fully saturated rings. The van der Waals surface area contributed by atoms with Gasteiger partial charge in [0.2, 0.25) is 0 Å². The second-order valence-corrected chi connectivity index (χ2v) is 6.80. The first-order valence-electron chi connectivity index (χ1n) is 9.08. The molecule has 0 unspecified atom stereocenters. The van der Waals surface area contributed by atoms with Crippen LogP contribution in [0.25, 0.3) is 0 Å². The highest BCUT2D eigenvalue weighted by molar-refractivity contribution is 5.74. The molecule has 2 heterocycles. The molecule has 1 aliphatic carbocycles. The number of pyridine rings is 1. The largest absolute Gasteiger partial charge is 0.395 e. The van der Waals surface area contributed by atoms with E-state index in [0.29, 0.717) is 18.5 Å². The Morgan fingerprint density at radius 2 is 1.96 bits per heavy atom. The molecular weight excluding hydrogens is 304 g/mol. The molecular formula is C18H28N4O2. The van der Waals surface area contributed by atoms with Crippen LogP contribution in [0.3, 0.4) is 0 Å². The molecule has 6 nitrogen and oxygen atoms in total. The second kappa shape index (κ2) is 8.33. The summed E-state index contributed by atoms with van der Waals surface area (Å²) in [6.07, 6.45) is 9.20. The number of carbonyl (C=O) groups excluding carboxylic acids is 1. The number of carbonyl (C=O) groups is 1. The van der Waals surface area contributed by atoms with Crippen molar-refractivity contribution in [1.29, 1.82) is 0 Å². The van der Waals surface area contributed by atoms with E-state index in [0.717, 1.165) is 38.9 Å². The Hall–Kier alpha value is -1.82. The summed E-state index contributed by atoms with van der Waals surface area (Å²) < 4.78 is 0. The van der Waals surface area contributed by atoms with Crippen LogP contribution < -0.4 is 10.2 Å². The number of aliphatic hydroxyl groups excluding tert-OH is 1. The Morgan fingerprint density at radius 3 is 2.58 bits per heavy atom. The van der Waals surface area contributed by atoms with Gasteiger partial charge in [0.25, 0.3) is 0 Å². The van der Waals surface area contributed by atoms with Crippen molar-refractivity contribution in [2.75, 3.05) is 37.7 Å². The van der Waals surface area contributed by atoms with E-state index < -0.39 is 0 Å².